The van der Waals surface area contributed by atoms with Crippen LogP contribution in [-0.2, 0) is 81.6 Å². The molecule has 91 heavy (non-hydrogen) atoms. The molecule has 2 heterocycles. The summed E-state index contributed by atoms with van der Waals surface area (Å²) >= 11 is 5.44. The number of imidazole rings is 1. The van der Waals surface area contributed by atoms with Crippen LogP contribution in [0.1, 0.15) is 49.4 Å². The molecule has 0 spiro atoms. The number of ketones is 3. The van der Waals surface area contributed by atoms with Crippen molar-refractivity contribution < 1.29 is 98.0 Å². The van der Waals surface area contributed by atoms with E-state index < -0.39 is 146 Å². The van der Waals surface area contributed by atoms with Gasteiger partial charge in [0.1, 0.15) is 18.7 Å². The molecule has 3 aromatic rings. The van der Waals surface area contributed by atoms with Crippen LogP contribution in [0.15, 0.2) is 67.1 Å². The Balaban J connectivity index is 1.21. The van der Waals surface area contributed by atoms with Gasteiger partial charge in [-0.05, 0) is 48.8 Å². The fourth-order valence-electron chi connectivity index (χ4n) is 9.64. The topological polar surface area (TPSA) is 450 Å². The van der Waals surface area contributed by atoms with Gasteiger partial charge >= 0.3 is 29.8 Å². The number of rotatable bonds is 40. The SMILES string of the molecule is C[C@H](NC(=O)[C@H](CC(=O)O)CC(=O)COCCOCCNC(=S)Nc1ccc(CN2CCN(CC(=O)O)CCN(CC(=O)O)CCN(CC(=O)O)CC2)cc1)C(=O)C[C@@H](Cc1cnc[nH]1)C(=O)N[C@@H](CO)C(=O)C[C@@H](Cc1ccccc1)C(=O)N[C@@H](CO)C(=O)O. The second-order valence-corrected chi connectivity index (χ2v) is 22.2. The number of ether oxygens (including phenoxy) is 2. The minimum Gasteiger partial charge on any atom is -0.481 e. The van der Waals surface area contributed by atoms with Crippen LogP contribution in [0, 0.1) is 17.8 Å². The van der Waals surface area contributed by atoms with Gasteiger partial charge in [0.2, 0.25) is 17.7 Å². The van der Waals surface area contributed by atoms with Crippen molar-refractivity contribution >= 4 is 87.9 Å². The molecule has 1 aromatic heterocycles. The maximum absolute atomic E-state index is 13.9. The third-order valence-corrected chi connectivity index (χ3v) is 14.8. The number of carboxylic acid groups (broad SMARTS) is 5. The predicted octanol–water partition coefficient (Wildman–Crippen LogP) is -2.07. The zero-order chi connectivity index (χ0) is 66.8. The van der Waals surface area contributed by atoms with Gasteiger partial charge in [-0.2, -0.15) is 0 Å². The molecule has 32 heteroatoms. The van der Waals surface area contributed by atoms with E-state index >= 15 is 0 Å². The lowest BCUT2D eigenvalue weighted by Crippen LogP contribution is -2.50. The van der Waals surface area contributed by atoms with Crippen LogP contribution in [0.4, 0.5) is 5.69 Å². The lowest BCUT2D eigenvalue weighted by molar-refractivity contribution is -0.144. The monoisotopic (exact) mass is 1300 g/mol. The Labute approximate surface area is 530 Å². The number of aliphatic carboxylic acids is 5. The van der Waals surface area contributed by atoms with Crippen molar-refractivity contribution in [3.63, 3.8) is 0 Å². The highest BCUT2D eigenvalue weighted by atomic mass is 32.1. The van der Waals surface area contributed by atoms with Crippen molar-refractivity contribution in [3.05, 3.63) is 83.9 Å². The molecule has 0 bridgehead atoms. The second-order valence-electron chi connectivity index (χ2n) is 21.8. The van der Waals surface area contributed by atoms with E-state index in [1.165, 1.54) is 19.4 Å². The standard InChI is InChI=1S/C59H83N11O20S/c1-38(49(74)26-42(24-45-29-60-37-62-45)57(86)65-47(34-71)50(75)27-41(23-39-5-3-2-4-6-39)56(85)66-48(35-72)58(87)88)63-55(84)43(28-51(76)77)25-46(73)36-90-22-21-89-20-11-61-59(91)64-44-9-7-40(8-10-44)30-67-12-14-68(31-52(78)79)16-18-70(33-54(82)83)19-17-69(15-13-67)32-53(80)81/h2-10,29,37-38,41-43,47-48,71-72H,11-28,30-36H2,1H3,(H,60,62)(H,63,84)(H,65,86)(H,66,85)(H,76,77)(H,78,79)(H,80,81)(H,82,83)(H,87,88)(H2,61,64,91)/t38-,41+,42+,43-,47-,48-/m0/s1. The molecule has 2 aromatic carbocycles. The zero-order valence-electron chi connectivity index (χ0n) is 50.6. The number of carbonyl (C=O) groups is 11. The van der Waals surface area contributed by atoms with Crippen LogP contribution in [0.3, 0.4) is 0 Å². The van der Waals surface area contributed by atoms with Crippen molar-refractivity contribution in [1.82, 2.24) is 50.8 Å². The Bertz CT molecular complexity index is 2840. The van der Waals surface area contributed by atoms with E-state index in [1.54, 1.807) is 45.0 Å². The molecule has 1 fully saturated rings. The average molecular weight is 1300 g/mol. The van der Waals surface area contributed by atoms with Gasteiger partial charge in [0.15, 0.2) is 22.5 Å². The summed E-state index contributed by atoms with van der Waals surface area (Å²) in [5.74, 6) is -14.6. The van der Waals surface area contributed by atoms with Gasteiger partial charge in [-0.3, -0.25) is 67.5 Å². The van der Waals surface area contributed by atoms with Crippen LogP contribution < -0.4 is 26.6 Å². The van der Waals surface area contributed by atoms with Gasteiger partial charge in [-0.15, -0.1) is 0 Å². The highest BCUT2D eigenvalue weighted by molar-refractivity contribution is 7.80. The van der Waals surface area contributed by atoms with Crippen LogP contribution >= 0.6 is 12.2 Å². The van der Waals surface area contributed by atoms with Gasteiger partial charge in [-0.25, -0.2) is 9.78 Å². The molecular weight excluding hydrogens is 1210 g/mol. The molecule has 4 rings (SSSR count). The molecule has 13 N–H and O–H groups in total. The maximum Gasteiger partial charge on any atom is 0.328 e. The number of benzene rings is 2. The number of thiocarbonyl (C=S) groups is 1. The van der Waals surface area contributed by atoms with Gasteiger partial charge in [0.25, 0.3) is 0 Å². The number of carboxylic acids is 5. The molecule has 3 amide bonds. The van der Waals surface area contributed by atoms with E-state index in [0.29, 0.717) is 81.0 Å². The Hall–Kier alpha value is -8.21. The summed E-state index contributed by atoms with van der Waals surface area (Å²) in [6.45, 7) is 2.11. The van der Waals surface area contributed by atoms with E-state index in [1.807, 2.05) is 24.3 Å². The number of aromatic amines is 1. The summed E-state index contributed by atoms with van der Waals surface area (Å²) in [5, 5.41) is 80.8. The zero-order valence-corrected chi connectivity index (χ0v) is 51.4. The summed E-state index contributed by atoms with van der Waals surface area (Å²) in [5.41, 5.74) is 2.61. The van der Waals surface area contributed by atoms with Crippen LogP contribution in [0.2, 0.25) is 0 Å². The first-order valence-electron chi connectivity index (χ1n) is 29.4. The number of hydrogen-bond donors (Lipinski definition) is 13. The van der Waals surface area contributed by atoms with Crippen molar-refractivity contribution in [2.45, 2.75) is 70.1 Å². The van der Waals surface area contributed by atoms with Crippen LogP contribution in [0.5, 0.6) is 0 Å². The summed E-state index contributed by atoms with van der Waals surface area (Å²) in [6.07, 6.45) is 0.0568. The van der Waals surface area contributed by atoms with E-state index in [0.717, 1.165) is 5.56 Å². The third kappa shape index (κ3) is 30.0. The number of aliphatic hydroxyl groups is 2. The van der Waals surface area contributed by atoms with E-state index in [9.17, 15) is 88.5 Å². The Morgan fingerprint density at radius 2 is 1.09 bits per heavy atom. The van der Waals surface area contributed by atoms with E-state index in [2.05, 4.69) is 41.5 Å². The highest BCUT2D eigenvalue weighted by Gasteiger charge is 2.34. The molecule has 0 unspecified atom stereocenters. The van der Waals surface area contributed by atoms with Gasteiger partial charge in [0, 0.05) is 115 Å². The number of anilines is 1. The number of nitrogens with zero attached hydrogens (tertiary/aromatic N) is 5. The largest absolute Gasteiger partial charge is 0.481 e. The van der Waals surface area contributed by atoms with Crippen molar-refractivity contribution in [2.24, 2.45) is 17.8 Å². The lowest BCUT2D eigenvalue weighted by atomic mass is 9.90. The fourth-order valence-corrected chi connectivity index (χ4v) is 9.86. The number of hydrogen-bond acceptors (Lipinski definition) is 21. The summed E-state index contributed by atoms with van der Waals surface area (Å²) in [7, 11) is 0. The van der Waals surface area contributed by atoms with E-state index in [4.69, 9.17) is 21.7 Å². The number of Topliss-reactive ketones (excluding diaryl/α,β-unsaturated/α-hetero) is 3. The van der Waals surface area contributed by atoms with Crippen molar-refractivity contribution in [1.29, 1.82) is 0 Å². The molecule has 1 saturated heterocycles. The molecule has 31 nitrogen and oxygen atoms in total. The normalized spacial score (nSPS) is 15.8. The van der Waals surface area contributed by atoms with Crippen molar-refractivity contribution in [2.75, 3.05) is 123 Å². The van der Waals surface area contributed by atoms with Crippen molar-refractivity contribution in [3.8, 4) is 0 Å². The average Bonchev–Trinajstić information content (AvgIpc) is 3.33. The molecule has 0 aliphatic carbocycles. The van der Waals surface area contributed by atoms with Gasteiger partial charge in [0.05, 0.1) is 83.3 Å². The lowest BCUT2D eigenvalue weighted by Gasteiger charge is -2.33. The summed E-state index contributed by atoms with van der Waals surface area (Å²) in [6, 6.07) is 11.3. The first-order valence-corrected chi connectivity index (χ1v) is 29.8. The first-order chi connectivity index (χ1) is 43.4. The third-order valence-electron chi connectivity index (χ3n) is 14.6. The molecule has 1 aliphatic heterocycles. The number of H-pyrrole nitrogens is 1. The highest BCUT2D eigenvalue weighted by Crippen LogP contribution is 2.19. The molecule has 6 atom stereocenters. The summed E-state index contributed by atoms with van der Waals surface area (Å²) < 4.78 is 11.0. The molecule has 0 radical (unpaired) electrons. The van der Waals surface area contributed by atoms with Gasteiger partial charge in [-0.1, -0.05) is 42.5 Å². The Morgan fingerprint density at radius 3 is 1.60 bits per heavy atom. The van der Waals surface area contributed by atoms with Crippen LogP contribution in [-0.4, -0.2) is 272 Å². The molecule has 0 saturated carbocycles. The van der Waals surface area contributed by atoms with Crippen LogP contribution in [0.25, 0.3) is 0 Å². The van der Waals surface area contributed by atoms with Gasteiger partial charge < -0.3 is 76.8 Å². The van der Waals surface area contributed by atoms with E-state index in [-0.39, 0.29) is 58.8 Å². The Kier molecular flexibility index (Phi) is 33.5. The number of aliphatic hydroxyl groups excluding tert-OH is 2. The second kappa shape index (κ2) is 40.5. The summed E-state index contributed by atoms with van der Waals surface area (Å²) in [4.78, 5) is 153. The Morgan fingerprint density at radius 1 is 0.571 bits per heavy atom. The minimum atomic E-state index is -1.67. The minimum absolute atomic E-state index is 0.0408. The quantitative estimate of drug-likeness (QED) is 0.0215. The molecular formula is C59H83N11O20S. The first kappa shape index (κ1) is 75.2. The number of nitrogens with one attached hydrogen (secondary N) is 6. The number of carbonyl (C=O) groups excluding carboxylic acids is 6. The number of aromatic nitrogens is 2. The predicted molar refractivity (Wildman–Crippen MR) is 327 cm³/mol. The smallest absolute Gasteiger partial charge is 0.328 e. The number of amides is 3. The maximum atomic E-state index is 13.9. The molecule has 1 aliphatic rings. The fraction of sp³-hybridized carbons (Fsp3) is 0.542. The molecule has 500 valence electrons.